The number of aryl methyl sites for hydroxylation is 1. The third-order valence-electron chi connectivity index (χ3n) is 1.62. The van der Waals surface area contributed by atoms with E-state index in [0.29, 0.717) is 5.36 Å². The molecule has 0 bridgehead atoms. The van der Waals surface area contributed by atoms with Gasteiger partial charge in [0.1, 0.15) is 5.88 Å². The van der Waals surface area contributed by atoms with Crippen molar-refractivity contribution in [1.82, 2.24) is 4.67 Å². The highest BCUT2D eigenvalue weighted by Gasteiger charge is 2.00. The van der Waals surface area contributed by atoms with Crippen molar-refractivity contribution >= 4 is 5.87 Å². The van der Waals surface area contributed by atoms with Crippen molar-refractivity contribution in [3.63, 3.8) is 0 Å². The Kier molecular flexibility index (Phi) is 1.34. The maximum Gasteiger partial charge on any atom is 0.366 e. The summed E-state index contributed by atoms with van der Waals surface area (Å²) in [6.07, 6.45) is 0. The van der Waals surface area contributed by atoms with Crippen LogP contribution in [-0.2, 0) is 0 Å². The summed E-state index contributed by atoms with van der Waals surface area (Å²) in [5.41, 5.74) is 1.10. The van der Waals surface area contributed by atoms with E-state index in [-0.39, 0.29) is 0 Å². The van der Waals surface area contributed by atoms with Crippen molar-refractivity contribution in [3.8, 4) is 0 Å². The van der Waals surface area contributed by atoms with Crippen molar-refractivity contribution in [3.05, 3.63) is 40.4 Å². The Morgan fingerprint density at radius 3 is 3.17 bits per heavy atom. The molecule has 58 valence electrons. The molecule has 1 aliphatic heterocycles. The molecule has 0 aliphatic carbocycles. The van der Waals surface area contributed by atoms with Crippen molar-refractivity contribution in [1.29, 1.82) is 0 Å². The quantitative estimate of drug-likeness (QED) is 0.410. The van der Waals surface area contributed by atoms with E-state index in [2.05, 4.69) is 15.5 Å². The van der Waals surface area contributed by atoms with Crippen molar-refractivity contribution in [2.24, 2.45) is 4.99 Å². The van der Waals surface area contributed by atoms with Gasteiger partial charge in [0.25, 0.3) is 0 Å². The van der Waals surface area contributed by atoms with E-state index < -0.39 is 5.88 Å². The first kappa shape index (κ1) is 6.86. The normalized spacial score (nSPS) is 12.6. The fourth-order valence-corrected chi connectivity index (χ4v) is 1.06. The highest BCUT2D eigenvalue weighted by atomic mass is 16.3. The van der Waals surface area contributed by atoms with Crippen molar-refractivity contribution in [2.75, 3.05) is 0 Å². The molecule has 1 aromatic carbocycles. The fourth-order valence-electron chi connectivity index (χ4n) is 1.06. The van der Waals surface area contributed by atoms with Crippen LogP contribution in [0.5, 0.6) is 0 Å². The lowest BCUT2D eigenvalue weighted by atomic mass is 10.2. The summed E-state index contributed by atoms with van der Waals surface area (Å²) in [6.45, 7) is 1.96. The molecule has 0 aromatic heterocycles. The summed E-state index contributed by atoms with van der Waals surface area (Å²) in [5.74, 6) is 1.87. The van der Waals surface area contributed by atoms with E-state index in [1.807, 2.05) is 19.1 Å². The predicted molar refractivity (Wildman–Crippen MR) is 41.7 cm³/mol. The maximum absolute atomic E-state index is 10.7. The molecule has 3 heteroatoms. The molecule has 0 saturated carbocycles. The average Bonchev–Trinajstić information content (AvgIpc) is 2.05. The zero-order valence-electron chi connectivity index (χ0n) is 6.53. The first-order valence-corrected chi connectivity index (χ1v) is 3.59. The Bertz CT molecular complexity index is 518. The highest BCUT2D eigenvalue weighted by Crippen LogP contribution is 1.85. The van der Waals surface area contributed by atoms with E-state index in [9.17, 15) is 5.11 Å². The number of fused-ring (bicyclic) bond motifs is 1. The number of hydrogen-bond donors (Lipinski definition) is 0. The highest BCUT2D eigenvalue weighted by molar-refractivity contribution is 5.52. The van der Waals surface area contributed by atoms with Gasteiger partial charge >= 0.3 is 11.2 Å². The van der Waals surface area contributed by atoms with Crippen LogP contribution in [0.15, 0.2) is 29.1 Å². The fraction of sp³-hybridized carbons (Fsp3) is 0.111. The molecular formula is C9H6N2O. The molecule has 1 aliphatic rings. The molecule has 0 N–H and O–H groups in total. The van der Waals surface area contributed by atoms with Crippen molar-refractivity contribution in [2.45, 2.75) is 6.92 Å². The second-order valence-electron chi connectivity index (χ2n) is 2.63. The Labute approximate surface area is 68.8 Å². The molecule has 12 heavy (non-hydrogen) atoms. The van der Waals surface area contributed by atoms with Crippen LogP contribution in [0, 0.1) is 6.92 Å². The molecule has 1 aromatic rings. The van der Waals surface area contributed by atoms with Gasteiger partial charge in [-0.1, -0.05) is 6.07 Å². The summed E-state index contributed by atoms with van der Waals surface area (Å²) in [6, 6.07) is 5.56. The number of benzene rings is 1. The summed E-state index contributed by atoms with van der Waals surface area (Å²) >= 11 is 0. The first-order chi connectivity index (χ1) is 5.75. The van der Waals surface area contributed by atoms with Gasteiger partial charge in [0.15, 0.2) is 5.36 Å². The minimum atomic E-state index is -0.411. The van der Waals surface area contributed by atoms with Crippen LogP contribution >= 0.6 is 0 Å². The molecule has 0 fully saturated rings. The molecule has 2 rings (SSSR count). The Morgan fingerprint density at radius 1 is 1.50 bits per heavy atom. The molecule has 0 saturated heterocycles. The Hall–Kier alpha value is -1.82. The van der Waals surface area contributed by atoms with Gasteiger partial charge in [0, 0.05) is 6.07 Å². The van der Waals surface area contributed by atoms with Gasteiger partial charge in [-0.2, -0.15) is 0 Å². The second kappa shape index (κ2) is 2.35. The lowest BCUT2D eigenvalue weighted by Crippen LogP contribution is -2.31. The largest absolute Gasteiger partial charge is 0.848 e. The SMILES string of the molecule is Cc1ccc2c(c1)=[N+]=C=C([O-])N=2. The van der Waals surface area contributed by atoms with Gasteiger partial charge in [-0.25, -0.2) is 4.99 Å². The first-order valence-electron chi connectivity index (χ1n) is 3.59. The molecule has 1 heterocycles. The van der Waals surface area contributed by atoms with Gasteiger partial charge in [0.2, 0.25) is 0 Å². The summed E-state index contributed by atoms with van der Waals surface area (Å²) in [7, 11) is 0. The van der Waals surface area contributed by atoms with Crippen LogP contribution in [0.3, 0.4) is 0 Å². The minimum absolute atomic E-state index is 0.411. The van der Waals surface area contributed by atoms with Crippen LogP contribution in [0.25, 0.3) is 0 Å². The minimum Gasteiger partial charge on any atom is -0.848 e. The van der Waals surface area contributed by atoms with Crippen molar-refractivity contribution < 1.29 is 5.11 Å². The number of rotatable bonds is 0. The smallest absolute Gasteiger partial charge is 0.366 e. The molecule has 0 unspecified atom stereocenters. The van der Waals surface area contributed by atoms with Crippen LogP contribution in [-0.4, -0.2) is 5.87 Å². The lowest BCUT2D eigenvalue weighted by molar-refractivity contribution is -0.301. The van der Waals surface area contributed by atoms with E-state index in [1.165, 1.54) is 0 Å². The van der Waals surface area contributed by atoms with Gasteiger partial charge in [-0.3, -0.25) is 0 Å². The Balaban J connectivity index is 2.99. The van der Waals surface area contributed by atoms with E-state index in [4.69, 9.17) is 0 Å². The van der Waals surface area contributed by atoms with Crippen LogP contribution in [0.4, 0.5) is 0 Å². The number of hydrogen-bond acceptors (Lipinski definition) is 2. The summed E-state index contributed by atoms with van der Waals surface area (Å²) in [5, 5.41) is 12.1. The monoisotopic (exact) mass is 158 g/mol. The molecule has 3 nitrogen and oxygen atoms in total. The lowest BCUT2D eigenvalue weighted by Gasteiger charge is -1.94. The third kappa shape index (κ3) is 1.04. The van der Waals surface area contributed by atoms with Crippen LogP contribution in [0.1, 0.15) is 5.56 Å². The zero-order chi connectivity index (χ0) is 8.55. The topological polar surface area (TPSA) is 49.5 Å². The molecule has 0 radical (unpaired) electrons. The van der Waals surface area contributed by atoms with Gasteiger partial charge in [0.05, 0.1) is 0 Å². The molecule has 0 amide bonds. The number of nitrogens with zero attached hydrogens (tertiary/aromatic N) is 2. The van der Waals surface area contributed by atoms with E-state index in [1.54, 1.807) is 6.07 Å². The third-order valence-corrected chi connectivity index (χ3v) is 1.62. The van der Waals surface area contributed by atoms with Crippen LogP contribution in [0.2, 0.25) is 0 Å². The van der Waals surface area contributed by atoms with E-state index >= 15 is 0 Å². The second-order valence-corrected chi connectivity index (χ2v) is 2.63. The standard InChI is InChI=1S/C9H6N2O/c1-6-2-3-7-8(4-6)10-5-9(12)11-7/h2-4H,1H3. The molecule has 0 atom stereocenters. The average molecular weight is 158 g/mol. The van der Waals surface area contributed by atoms with Gasteiger partial charge < -0.3 is 5.11 Å². The summed E-state index contributed by atoms with van der Waals surface area (Å²) in [4.78, 5) is 3.74. The molecular weight excluding hydrogens is 152 g/mol. The van der Waals surface area contributed by atoms with Crippen LogP contribution < -0.4 is 20.5 Å². The molecule has 0 spiro atoms. The van der Waals surface area contributed by atoms with Gasteiger partial charge in [-0.15, -0.1) is 0 Å². The maximum atomic E-state index is 10.7. The van der Waals surface area contributed by atoms with Gasteiger partial charge in [-0.05, 0) is 23.2 Å². The summed E-state index contributed by atoms with van der Waals surface area (Å²) < 4.78 is 3.84. The predicted octanol–water partition coefficient (Wildman–Crippen LogP) is -1.81. The Morgan fingerprint density at radius 2 is 2.33 bits per heavy atom. The van der Waals surface area contributed by atoms with E-state index in [0.717, 1.165) is 10.9 Å². The zero-order valence-corrected chi connectivity index (χ0v) is 6.53.